The Morgan fingerprint density at radius 2 is 0.852 bits per heavy atom. The van der Waals surface area contributed by atoms with Gasteiger partial charge in [0.1, 0.15) is 0 Å². The molecule has 4 aromatic rings. The van der Waals surface area contributed by atoms with Crippen molar-refractivity contribution in [1.82, 2.24) is 0 Å². The van der Waals surface area contributed by atoms with Gasteiger partial charge in [-0.05, 0) is 0 Å². The Kier molecular flexibility index (Phi) is 5.19. The minimum absolute atomic E-state index is 1.06. The average molecular weight is 368 g/mol. The first-order valence-corrected chi connectivity index (χ1v) is 11.7. The van der Waals surface area contributed by atoms with E-state index in [2.05, 4.69) is 122 Å². The first-order valence-electron chi connectivity index (χ1n) is 9.51. The van der Waals surface area contributed by atoms with E-state index >= 15 is 0 Å². The Balaban J connectivity index is 1.98. The molecule has 0 atom stereocenters. The predicted octanol–water partition coefficient (Wildman–Crippen LogP) is 5.22. The van der Waals surface area contributed by atoms with Crippen molar-refractivity contribution in [3.05, 3.63) is 126 Å². The van der Waals surface area contributed by atoms with E-state index in [1.165, 1.54) is 27.0 Å². The topological polar surface area (TPSA) is 0 Å². The molecule has 0 heterocycles. The van der Waals surface area contributed by atoms with Crippen LogP contribution in [0.2, 0.25) is 0 Å². The minimum atomic E-state index is -2.18. The number of aryl methyl sites for hydroxylation is 1. The molecule has 0 aliphatic heterocycles. The van der Waals surface area contributed by atoms with Gasteiger partial charge >= 0.3 is 163 Å². The molecule has 0 saturated heterocycles. The Labute approximate surface area is 162 Å². The molecule has 0 unspecified atom stereocenters. The summed E-state index contributed by atoms with van der Waals surface area (Å²) in [7, 11) is -2.18. The van der Waals surface area contributed by atoms with Crippen LogP contribution in [0.5, 0.6) is 0 Å². The number of hydrogen-bond donors (Lipinski definition) is 0. The molecule has 0 fully saturated rings. The van der Waals surface area contributed by atoms with Gasteiger partial charge in [0.2, 0.25) is 0 Å². The molecule has 0 bridgehead atoms. The molecule has 0 spiro atoms. The van der Waals surface area contributed by atoms with Gasteiger partial charge in [-0.15, -0.1) is 0 Å². The zero-order chi connectivity index (χ0) is 18.5. The molecule has 4 aromatic carbocycles. The zero-order valence-corrected chi connectivity index (χ0v) is 16.7. The quantitative estimate of drug-likeness (QED) is 0.424. The number of benzene rings is 4. The summed E-state index contributed by atoms with van der Waals surface area (Å²) in [4.78, 5) is 0. The third kappa shape index (κ3) is 3.59. The van der Waals surface area contributed by atoms with E-state index in [9.17, 15) is 0 Å². The van der Waals surface area contributed by atoms with Crippen LogP contribution in [0.4, 0.5) is 0 Å². The van der Waals surface area contributed by atoms with E-state index in [0.29, 0.717) is 0 Å². The molecule has 0 amide bonds. The molecular weight excluding hydrogens is 343 g/mol. The summed E-state index contributed by atoms with van der Waals surface area (Å²) in [5.41, 5.74) is 2.72. The van der Waals surface area contributed by atoms with Crippen molar-refractivity contribution in [1.29, 1.82) is 0 Å². The third-order valence-electron chi connectivity index (χ3n) is 5.39. The summed E-state index contributed by atoms with van der Waals surface area (Å²) in [6.45, 7) is 2.15. The van der Waals surface area contributed by atoms with Crippen LogP contribution in [0, 0.1) is 6.92 Å². The van der Waals surface area contributed by atoms with Crippen molar-refractivity contribution in [3.63, 3.8) is 0 Å². The van der Waals surface area contributed by atoms with Gasteiger partial charge < -0.3 is 0 Å². The molecule has 134 valence electrons. The van der Waals surface area contributed by atoms with E-state index in [-0.39, 0.29) is 0 Å². The van der Waals surface area contributed by atoms with Crippen LogP contribution in [0.15, 0.2) is 115 Å². The van der Waals surface area contributed by atoms with Crippen LogP contribution in [0.1, 0.15) is 11.1 Å². The summed E-state index contributed by atoms with van der Waals surface area (Å²) in [6.07, 6.45) is 1.06. The molecule has 0 nitrogen and oxygen atoms in total. The molecule has 0 aliphatic carbocycles. The van der Waals surface area contributed by atoms with E-state index in [1.807, 2.05) is 0 Å². The summed E-state index contributed by atoms with van der Waals surface area (Å²) < 4.78 is 0. The molecule has 0 saturated carbocycles. The second kappa shape index (κ2) is 7.91. The predicted molar refractivity (Wildman–Crippen MR) is 121 cm³/mol. The van der Waals surface area contributed by atoms with Crippen molar-refractivity contribution in [2.75, 3.05) is 0 Å². The maximum atomic E-state index is 2.32. The zero-order valence-electron chi connectivity index (χ0n) is 15.7. The van der Waals surface area contributed by atoms with Gasteiger partial charge in [-0.25, -0.2) is 0 Å². The van der Waals surface area contributed by atoms with Crippen LogP contribution in [-0.4, -0.2) is 0 Å². The van der Waals surface area contributed by atoms with Crippen LogP contribution in [0.3, 0.4) is 0 Å². The van der Waals surface area contributed by atoms with Gasteiger partial charge in [-0.2, -0.15) is 0 Å². The fraction of sp³-hybridized carbons (Fsp3) is 0.0769. The standard InChI is InChI=1S/C26H25P/c1-22-17-19-23(20-18-22)21-27(24-11-5-2-6-12-24,25-13-7-3-8-14-25)26-15-9-4-10-16-26/h2-20,27H,21H2,1H3. The van der Waals surface area contributed by atoms with Gasteiger partial charge in [0.05, 0.1) is 0 Å². The van der Waals surface area contributed by atoms with Crippen LogP contribution >= 0.6 is 7.26 Å². The Hall–Kier alpha value is -2.69. The van der Waals surface area contributed by atoms with Crippen molar-refractivity contribution in [2.45, 2.75) is 13.1 Å². The van der Waals surface area contributed by atoms with Gasteiger partial charge in [-0.3, -0.25) is 0 Å². The van der Waals surface area contributed by atoms with Gasteiger partial charge in [0, 0.05) is 0 Å². The third-order valence-corrected chi connectivity index (χ3v) is 10.3. The fourth-order valence-electron chi connectivity index (χ4n) is 3.99. The normalized spacial score (nSPS) is 11.9. The van der Waals surface area contributed by atoms with E-state index in [0.717, 1.165) is 6.16 Å². The molecule has 1 heteroatoms. The van der Waals surface area contributed by atoms with Crippen molar-refractivity contribution in [2.24, 2.45) is 0 Å². The van der Waals surface area contributed by atoms with E-state index in [1.54, 1.807) is 0 Å². The Morgan fingerprint density at radius 3 is 1.22 bits per heavy atom. The molecule has 0 aliphatic rings. The first-order chi connectivity index (χ1) is 13.3. The van der Waals surface area contributed by atoms with Gasteiger partial charge in [0.25, 0.3) is 0 Å². The van der Waals surface area contributed by atoms with Crippen molar-refractivity contribution < 1.29 is 0 Å². The monoisotopic (exact) mass is 368 g/mol. The fourth-order valence-corrected chi connectivity index (χ4v) is 8.73. The van der Waals surface area contributed by atoms with Gasteiger partial charge in [-0.1, -0.05) is 0 Å². The molecule has 0 radical (unpaired) electrons. The van der Waals surface area contributed by atoms with Crippen LogP contribution in [0.25, 0.3) is 0 Å². The molecule has 27 heavy (non-hydrogen) atoms. The molecule has 0 N–H and O–H groups in total. The number of hydrogen-bond acceptors (Lipinski definition) is 0. The second-order valence-corrected chi connectivity index (χ2v) is 11.1. The summed E-state index contributed by atoms with van der Waals surface area (Å²) >= 11 is 0. The SMILES string of the molecule is Cc1ccc(C[PH](c2ccccc2)(c2ccccc2)c2ccccc2)cc1. The average Bonchev–Trinajstić information content (AvgIpc) is 2.75. The van der Waals surface area contributed by atoms with Crippen LogP contribution < -0.4 is 15.9 Å². The van der Waals surface area contributed by atoms with E-state index < -0.39 is 7.26 Å². The van der Waals surface area contributed by atoms with Crippen molar-refractivity contribution >= 4 is 23.2 Å². The molecular formula is C26H25P. The molecule has 4 rings (SSSR count). The second-order valence-electron chi connectivity index (χ2n) is 7.17. The summed E-state index contributed by atoms with van der Waals surface area (Å²) in [5, 5.41) is 4.38. The molecule has 0 aromatic heterocycles. The number of rotatable bonds is 5. The van der Waals surface area contributed by atoms with Gasteiger partial charge in [0.15, 0.2) is 0 Å². The summed E-state index contributed by atoms with van der Waals surface area (Å²) in [6, 6.07) is 42.4. The Bertz CT molecular complexity index is 878. The summed E-state index contributed by atoms with van der Waals surface area (Å²) in [5.74, 6) is 0. The first kappa shape index (κ1) is 17.7. The van der Waals surface area contributed by atoms with Crippen LogP contribution in [-0.2, 0) is 6.16 Å². The van der Waals surface area contributed by atoms with E-state index in [4.69, 9.17) is 0 Å². The van der Waals surface area contributed by atoms with Crippen molar-refractivity contribution in [3.8, 4) is 0 Å². The maximum absolute atomic E-state index is 2.32. The Morgan fingerprint density at radius 1 is 0.481 bits per heavy atom.